The first-order chi connectivity index (χ1) is 6.20. The summed E-state index contributed by atoms with van der Waals surface area (Å²) in [5.41, 5.74) is 0. The molecule has 0 spiro atoms. The van der Waals surface area contributed by atoms with Crippen molar-refractivity contribution in [1.82, 2.24) is 4.98 Å². The summed E-state index contributed by atoms with van der Waals surface area (Å²) >= 11 is 0. The summed E-state index contributed by atoms with van der Waals surface area (Å²) in [7, 11) is 0. The van der Waals surface area contributed by atoms with E-state index < -0.39 is 18.7 Å². The van der Waals surface area contributed by atoms with Gasteiger partial charge in [-0.15, -0.1) is 0 Å². The number of hydrogen-bond donors (Lipinski definition) is 0. The fraction of sp³-hybridized carbons (Fsp3) is 0.286. The fourth-order valence-electron chi connectivity index (χ4n) is 0.554. The van der Waals surface area contributed by atoms with Gasteiger partial charge in [-0.2, -0.15) is 0 Å². The fourth-order valence-corrected chi connectivity index (χ4v) is 0.554. The highest BCUT2D eigenvalue weighted by atomic mass is 16.7. The van der Waals surface area contributed by atoms with Crippen LogP contribution in [0.15, 0.2) is 17.0 Å². The van der Waals surface area contributed by atoms with Crippen LogP contribution in [0.3, 0.4) is 0 Å². The largest absolute Gasteiger partial charge is 0.436 e. The number of esters is 2. The normalized spacial score (nSPS) is 9.31. The van der Waals surface area contributed by atoms with Crippen molar-refractivity contribution in [3.63, 3.8) is 0 Å². The van der Waals surface area contributed by atoms with Crippen LogP contribution in [0, 0.1) is 0 Å². The van der Waals surface area contributed by atoms with E-state index in [0.717, 1.165) is 6.39 Å². The van der Waals surface area contributed by atoms with Crippen LogP contribution in [-0.4, -0.2) is 23.7 Å². The molecule has 0 saturated heterocycles. The van der Waals surface area contributed by atoms with E-state index in [4.69, 9.17) is 0 Å². The summed E-state index contributed by atoms with van der Waals surface area (Å²) in [4.78, 5) is 24.7. The molecule has 0 aliphatic heterocycles. The van der Waals surface area contributed by atoms with Crippen molar-refractivity contribution < 1.29 is 23.5 Å². The lowest BCUT2D eigenvalue weighted by molar-refractivity contribution is -0.149. The quantitative estimate of drug-likeness (QED) is 0.499. The highest BCUT2D eigenvalue weighted by Crippen LogP contribution is 1.99. The van der Waals surface area contributed by atoms with Gasteiger partial charge in [-0.25, -0.2) is 9.78 Å². The number of aromatic nitrogens is 1. The van der Waals surface area contributed by atoms with Crippen LogP contribution in [0.1, 0.15) is 17.5 Å². The Hall–Kier alpha value is -1.85. The molecule has 70 valence electrons. The molecule has 0 fully saturated rings. The third kappa shape index (κ3) is 2.94. The highest BCUT2D eigenvalue weighted by molar-refractivity contribution is 5.85. The Labute approximate surface area is 73.5 Å². The van der Waals surface area contributed by atoms with Crippen molar-refractivity contribution >= 4 is 11.9 Å². The number of oxazole rings is 1. The summed E-state index contributed by atoms with van der Waals surface area (Å²) in [6.07, 6.45) is 2.30. The molecule has 6 nitrogen and oxygen atoms in total. The van der Waals surface area contributed by atoms with Crippen LogP contribution in [0.2, 0.25) is 0 Å². The molecule has 1 aromatic heterocycles. The van der Waals surface area contributed by atoms with Crippen molar-refractivity contribution in [3.8, 4) is 0 Å². The molecule has 0 unspecified atom stereocenters. The number of ether oxygens (including phenoxy) is 2. The van der Waals surface area contributed by atoms with E-state index in [-0.39, 0.29) is 5.76 Å². The van der Waals surface area contributed by atoms with Gasteiger partial charge in [0.25, 0.3) is 0 Å². The Morgan fingerprint density at radius 1 is 1.54 bits per heavy atom. The maximum atomic E-state index is 10.9. The van der Waals surface area contributed by atoms with Gasteiger partial charge in [-0.05, 0) is 0 Å². The zero-order valence-electron chi connectivity index (χ0n) is 6.85. The molecule has 6 heteroatoms. The predicted octanol–water partition coefficient (Wildman–Crippen LogP) is 0.352. The van der Waals surface area contributed by atoms with E-state index in [1.165, 1.54) is 13.1 Å². The second kappa shape index (κ2) is 4.24. The minimum Gasteiger partial charge on any atom is -0.436 e. The van der Waals surface area contributed by atoms with Gasteiger partial charge in [-0.1, -0.05) is 0 Å². The van der Waals surface area contributed by atoms with Crippen molar-refractivity contribution in [2.75, 3.05) is 6.79 Å². The molecule has 0 saturated carbocycles. The first-order valence-corrected chi connectivity index (χ1v) is 3.39. The molecule has 0 atom stereocenters. The van der Waals surface area contributed by atoms with Gasteiger partial charge < -0.3 is 13.9 Å². The minimum atomic E-state index is -0.723. The lowest BCUT2D eigenvalue weighted by Crippen LogP contribution is -2.10. The standard InChI is InChI=1S/C7H7NO5/c1-5(9)12-4-13-7(10)6-2-8-3-11-6/h2-3H,4H2,1H3. The zero-order valence-corrected chi connectivity index (χ0v) is 6.85. The van der Waals surface area contributed by atoms with Crippen molar-refractivity contribution in [2.45, 2.75) is 6.92 Å². The molecular weight excluding hydrogens is 178 g/mol. The average molecular weight is 185 g/mol. The lowest BCUT2D eigenvalue weighted by atomic mass is 10.5. The van der Waals surface area contributed by atoms with Gasteiger partial charge >= 0.3 is 11.9 Å². The van der Waals surface area contributed by atoms with E-state index in [1.807, 2.05) is 0 Å². The van der Waals surface area contributed by atoms with E-state index in [2.05, 4.69) is 18.9 Å². The van der Waals surface area contributed by atoms with Gasteiger partial charge in [0, 0.05) is 6.92 Å². The Kier molecular flexibility index (Phi) is 3.02. The molecule has 0 radical (unpaired) electrons. The van der Waals surface area contributed by atoms with Crippen LogP contribution < -0.4 is 0 Å². The number of carbonyl (C=O) groups excluding carboxylic acids is 2. The van der Waals surface area contributed by atoms with E-state index in [0.29, 0.717) is 0 Å². The van der Waals surface area contributed by atoms with Crippen LogP contribution in [0.25, 0.3) is 0 Å². The molecule has 1 aromatic rings. The molecule has 0 amide bonds. The van der Waals surface area contributed by atoms with Gasteiger partial charge in [0.05, 0.1) is 6.20 Å². The molecule has 0 aliphatic carbocycles. The first kappa shape index (κ1) is 9.24. The summed E-state index contributed by atoms with van der Waals surface area (Å²) in [5.74, 6) is -1.28. The maximum Gasteiger partial charge on any atom is 0.378 e. The summed E-state index contributed by atoms with van der Waals surface area (Å²) in [5, 5.41) is 0. The topological polar surface area (TPSA) is 78.6 Å². The maximum absolute atomic E-state index is 10.9. The Morgan fingerprint density at radius 2 is 2.31 bits per heavy atom. The molecule has 0 aliphatic rings. The summed E-state index contributed by atoms with van der Waals surface area (Å²) in [6.45, 7) is 0.789. The molecule has 0 bridgehead atoms. The van der Waals surface area contributed by atoms with E-state index in [1.54, 1.807) is 0 Å². The van der Waals surface area contributed by atoms with Crippen molar-refractivity contribution in [1.29, 1.82) is 0 Å². The second-order valence-corrected chi connectivity index (χ2v) is 2.05. The van der Waals surface area contributed by atoms with Crippen LogP contribution in [0.5, 0.6) is 0 Å². The third-order valence-corrected chi connectivity index (χ3v) is 1.09. The monoisotopic (exact) mass is 185 g/mol. The van der Waals surface area contributed by atoms with Crippen LogP contribution in [-0.2, 0) is 14.3 Å². The smallest absolute Gasteiger partial charge is 0.378 e. The highest BCUT2D eigenvalue weighted by Gasteiger charge is 2.10. The van der Waals surface area contributed by atoms with Gasteiger partial charge in [0.1, 0.15) is 0 Å². The molecule has 0 N–H and O–H groups in total. The van der Waals surface area contributed by atoms with Crippen molar-refractivity contribution in [3.05, 3.63) is 18.4 Å². The van der Waals surface area contributed by atoms with Crippen molar-refractivity contribution in [2.24, 2.45) is 0 Å². The Bertz CT molecular complexity index is 292. The van der Waals surface area contributed by atoms with Gasteiger partial charge in [0.2, 0.25) is 12.6 Å². The number of hydrogen-bond acceptors (Lipinski definition) is 6. The SMILES string of the molecule is CC(=O)OCOC(=O)c1cnco1. The molecular formula is C7H7NO5. The van der Waals surface area contributed by atoms with Crippen LogP contribution >= 0.6 is 0 Å². The third-order valence-electron chi connectivity index (χ3n) is 1.09. The lowest BCUT2D eigenvalue weighted by Gasteiger charge is -2.01. The Balaban J connectivity index is 2.31. The number of carbonyl (C=O) groups is 2. The first-order valence-electron chi connectivity index (χ1n) is 3.39. The molecule has 13 heavy (non-hydrogen) atoms. The molecule has 1 rings (SSSR count). The Morgan fingerprint density at radius 3 is 2.85 bits per heavy atom. The predicted molar refractivity (Wildman–Crippen MR) is 38.6 cm³/mol. The minimum absolute atomic E-state index is 0.0350. The van der Waals surface area contributed by atoms with E-state index >= 15 is 0 Å². The molecule has 0 aromatic carbocycles. The van der Waals surface area contributed by atoms with Gasteiger partial charge in [-0.3, -0.25) is 4.79 Å². The van der Waals surface area contributed by atoms with Gasteiger partial charge in [0.15, 0.2) is 6.39 Å². The second-order valence-electron chi connectivity index (χ2n) is 2.05. The average Bonchev–Trinajstić information content (AvgIpc) is 2.55. The summed E-state index contributed by atoms with van der Waals surface area (Å²) < 4.78 is 13.5. The van der Waals surface area contributed by atoms with Crippen LogP contribution in [0.4, 0.5) is 0 Å². The number of rotatable bonds is 3. The zero-order chi connectivity index (χ0) is 9.68. The van der Waals surface area contributed by atoms with E-state index in [9.17, 15) is 9.59 Å². The summed E-state index contributed by atoms with van der Waals surface area (Å²) in [6, 6.07) is 0. The number of nitrogens with zero attached hydrogens (tertiary/aromatic N) is 1. The molecule has 1 heterocycles.